The second-order valence-corrected chi connectivity index (χ2v) is 12.2. The summed E-state index contributed by atoms with van der Waals surface area (Å²) >= 11 is 12.9. The van der Waals surface area contributed by atoms with E-state index in [9.17, 15) is 26.8 Å². The quantitative estimate of drug-likeness (QED) is 0.251. The van der Waals surface area contributed by atoms with E-state index in [4.69, 9.17) is 23.2 Å². The highest BCUT2D eigenvalue weighted by molar-refractivity contribution is 7.92. The van der Waals surface area contributed by atoms with Crippen LogP contribution < -0.4 is 9.62 Å². The number of benzene rings is 3. The molecule has 0 aliphatic carbocycles. The zero-order valence-electron chi connectivity index (χ0n) is 22.6. The number of nitrogens with zero attached hydrogens (tertiary/aromatic N) is 2. The van der Waals surface area contributed by atoms with E-state index in [2.05, 4.69) is 5.32 Å². The van der Waals surface area contributed by atoms with Crippen molar-refractivity contribution >= 4 is 50.7 Å². The Morgan fingerprint density at radius 2 is 1.61 bits per heavy atom. The molecule has 0 aromatic heterocycles. The average Bonchev–Trinajstić information content (AvgIpc) is 2.92. The van der Waals surface area contributed by atoms with E-state index >= 15 is 0 Å². The highest BCUT2D eigenvalue weighted by Crippen LogP contribution is 2.28. The molecule has 1 atom stereocenters. The lowest BCUT2D eigenvalue weighted by Gasteiger charge is -2.34. The third kappa shape index (κ3) is 8.89. The molecule has 220 valence electrons. The summed E-state index contributed by atoms with van der Waals surface area (Å²) in [6, 6.07) is 15.3. The first-order valence-corrected chi connectivity index (χ1v) is 15.5. The molecule has 0 saturated heterocycles. The first kappa shape index (κ1) is 32.3. The molecule has 0 aliphatic rings. The van der Waals surface area contributed by atoms with Gasteiger partial charge in [0.15, 0.2) is 11.6 Å². The van der Waals surface area contributed by atoms with Gasteiger partial charge in [0, 0.05) is 41.2 Å². The SMILES string of the molecule is CCCCNC(=O)[C@H](Cc1ccccc1)N(Cc1c(Cl)cccc1Cl)C(=O)CN(c1ccc(F)c(F)c1)S(C)(=O)=O. The molecule has 12 heteroatoms. The van der Waals surface area contributed by atoms with E-state index in [0.29, 0.717) is 28.9 Å². The van der Waals surface area contributed by atoms with Gasteiger partial charge in [0.1, 0.15) is 12.6 Å². The summed E-state index contributed by atoms with van der Waals surface area (Å²) in [5.74, 6) is -3.67. The maximum atomic E-state index is 14.0. The molecule has 0 radical (unpaired) electrons. The normalized spacial score (nSPS) is 12.0. The van der Waals surface area contributed by atoms with E-state index in [0.717, 1.165) is 30.4 Å². The van der Waals surface area contributed by atoms with Gasteiger partial charge in [-0.1, -0.05) is 72.9 Å². The third-order valence-electron chi connectivity index (χ3n) is 6.36. The third-order valence-corrected chi connectivity index (χ3v) is 8.21. The Labute approximate surface area is 249 Å². The molecule has 3 aromatic carbocycles. The van der Waals surface area contributed by atoms with Crippen LogP contribution in [-0.2, 0) is 32.6 Å². The number of nitrogens with one attached hydrogen (secondary N) is 1. The van der Waals surface area contributed by atoms with Crippen LogP contribution in [0.4, 0.5) is 14.5 Å². The monoisotopic (exact) mass is 625 g/mol. The van der Waals surface area contributed by atoms with Crippen LogP contribution in [0.5, 0.6) is 0 Å². The maximum Gasteiger partial charge on any atom is 0.244 e. The van der Waals surface area contributed by atoms with Gasteiger partial charge in [0.25, 0.3) is 0 Å². The number of anilines is 1. The fraction of sp³-hybridized carbons (Fsp3) is 0.310. The fourth-order valence-electron chi connectivity index (χ4n) is 4.17. The average molecular weight is 627 g/mol. The van der Waals surface area contributed by atoms with Gasteiger partial charge in [-0.3, -0.25) is 13.9 Å². The smallest absolute Gasteiger partial charge is 0.244 e. The van der Waals surface area contributed by atoms with E-state index < -0.39 is 46.1 Å². The molecule has 0 aliphatic heterocycles. The van der Waals surface area contributed by atoms with Crippen LogP contribution in [0.2, 0.25) is 10.0 Å². The summed E-state index contributed by atoms with van der Waals surface area (Å²) < 4.78 is 53.8. The van der Waals surface area contributed by atoms with Gasteiger partial charge in [0.05, 0.1) is 11.9 Å². The Morgan fingerprint density at radius 1 is 0.951 bits per heavy atom. The predicted octanol–water partition coefficient (Wildman–Crippen LogP) is 5.59. The zero-order valence-corrected chi connectivity index (χ0v) is 24.9. The standard InChI is InChI=1S/C29H31Cl2F2N3O4S/c1-3-4-15-34-29(38)27(16-20-9-6-5-7-10-20)35(18-22-23(30)11-8-12-24(22)31)28(37)19-36(41(2,39)40)21-13-14-25(32)26(33)17-21/h5-14,17,27H,3-4,15-16,18-19H2,1-2H3,(H,34,38)/t27-/m0/s1. The number of hydrogen-bond donors (Lipinski definition) is 1. The molecule has 0 unspecified atom stereocenters. The van der Waals surface area contributed by atoms with Crippen LogP contribution in [0.25, 0.3) is 0 Å². The van der Waals surface area contributed by atoms with E-state index in [1.807, 2.05) is 25.1 Å². The molecule has 2 amide bonds. The number of halogens is 4. The minimum atomic E-state index is -4.14. The lowest BCUT2D eigenvalue weighted by Crippen LogP contribution is -2.53. The van der Waals surface area contributed by atoms with Crippen LogP contribution in [0, 0.1) is 11.6 Å². The number of amides is 2. The molecule has 3 aromatic rings. The van der Waals surface area contributed by atoms with Crippen molar-refractivity contribution in [3.8, 4) is 0 Å². The highest BCUT2D eigenvalue weighted by atomic mass is 35.5. The lowest BCUT2D eigenvalue weighted by molar-refractivity contribution is -0.140. The molecule has 0 spiro atoms. The van der Waals surface area contributed by atoms with Gasteiger partial charge in [-0.15, -0.1) is 0 Å². The largest absolute Gasteiger partial charge is 0.354 e. The van der Waals surface area contributed by atoms with Gasteiger partial charge in [0.2, 0.25) is 21.8 Å². The molecular formula is C29H31Cl2F2N3O4S. The minimum absolute atomic E-state index is 0.108. The second kappa shape index (κ2) is 14.6. The van der Waals surface area contributed by atoms with Gasteiger partial charge >= 0.3 is 0 Å². The van der Waals surface area contributed by atoms with Crippen molar-refractivity contribution in [3.63, 3.8) is 0 Å². The van der Waals surface area contributed by atoms with Crippen molar-refractivity contribution in [2.24, 2.45) is 0 Å². The number of hydrogen-bond acceptors (Lipinski definition) is 4. The van der Waals surface area contributed by atoms with Crippen molar-refractivity contribution in [2.75, 3.05) is 23.7 Å². The van der Waals surface area contributed by atoms with Crippen molar-refractivity contribution in [1.82, 2.24) is 10.2 Å². The van der Waals surface area contributed by atoms with Crippen LogP contribution in [0.1, 0.15) is 30.9 Å². The number of sulfonamides is 1. The molecule has 1 N–H and O–H groups in total. The van der Waals surface area contributed by atoms with E-state index in [1.54, 1.807) is 30.3 Å². The summed E-state index contributed by atoms with van der Waals surface area (Å²) in [6.45, 7) is 1.34. The molecule has 3 rings (SSSR count). The van der Waals surface area contributed by atoms with Crippen molar-refractivity contribution in [3.05, 3.63) is 99.5 Å². The van der Waals surface area contributed by atoms with Crippen molar-refractivity contribution in [1.29, 1.82) is 0 Å². The Hall–Kier alpha value is -3.21. The Kier molecular flexibility index (Phi) is 11.5. The summed E-state index contributed by atoms with van der Waals surface area (Å²) in [5, 5.41) is 3.36. The second-order valence-electron chi connectivity index (χ2n) is 9.44. The van der Waals surface area contributed by atoms with Crippen molar-refractivity contribution in [2.45, 2.75) is 38.8 Å². The number of carbonyl (C=O) groups is 2. The van der Waals surface area contributed by atoms with Gasteiger partial charge < -0.3 is 10.2 Å². The Morgan fingerprint density at radius 3 is 2.20 bits per heavy atom. The zero-order chi connectivity index (χ0) is 30.2. The number of unbranched alkanes of at least 4 members (excludes halogenated alkanes) is 1. The molecular weight excluding hydrogens is 595 g/mol. The van der Waals surface area contributed by atoms with Gasteiger partial charge in [-0.05, 0) is 36.2 Å². The highest BCUT2D eigenvalue weighted by Gasteiger charge is 2.34. The summed E-state index contributed by atoms with van der Waals surface area (Å²) in [4.78, 5) is 28.8. The number of rotatable bonds is 13. The Bertz CT molecular complexity index is 1460. The maximum absolute atomic E-state index is 14.0. The summed E-state index contributed by atoms with van der Waals surface area (Å²) in [6.07, 6.45) is 2.50. The minimum Gasteiger partial charge on any atom is -0.354 e. The lowest BCUT2D eigenvalue weighted by atomic mass is 10.0. The summed E-state index contributed by atoms with van der Waals surface area (Å²) in [5.41, 5.74) is 0.872. The molecule has 0 bridgehead atoms. The molecule has 0 saturated carbocycles. The molecule has 7 nitrogen and oxygen atoms in total. The molecule has 0 fully saturated rings. The van der Waals surface area contributed by atoms with Crippen LogP contribution >= 0.6 is 23.2 Å². The first-order chi connectivity index (χ1) is 19.4. The molecule has 41 heavy (non-hydrogen) atoms. The van der Waals surface area contributed by atoms with Gasteiger partial charge in [-0.25, -0.2) is 17.2 Å². The van der Waals surface area contributed by atoms with Gasteiger partial charge in [-0.2, -0.15) is 0 Å². The van der Waals surface area contributed by atoms with Crippen LogP contribution in [0.3, 0.4) is 0 Å². The fourth-order valence-corrected chi connectivity index (χ4v) is 5.53. The molecule has 0 heterocycles. The summed E-state index contributed by atoms with van der Waals surface area (Å²) in [7, 11) is -4.14. The van der Waals surface area contributed by atoms with Crippen LogP contribution in [0.15, 0.2) is 66.7 Å². The van der Waals surface area contributed by atoms with Crippen molar-refractivity contribution < 1.29 is 26.8 Å². The topological polar surface area (TPSA) is 86.8 Å². The van der Waals surface area contributed by atoms with E-state index in [1.165, 1.54) is 4.90 Å². The Balaban J connectivity index is 2.09. The van der Waals surface area contributed by atoms with Crippen LogP contribution in [-0.4, -0.2) is 50.5 Å². The van der Waals surface area contributed by atoms with E-state index in [-0.39, 0.29) is 28.7 Å². The first-order valence-electron chi connectivity index (χ1n) is 12.9. The predicted molar refractivity (Wildman–Crippen MR) is 157 cm³/mol. The number of carbonyl (C=O) groups excluding carboxylic acids is 2.